The molecule has 142 valence electrons. The van der Waals surface area contributed by atoms with Gasteiger partial charge in [0.2, 0.25) is 0 Å². The zero-order valence-electron chi connectivity index (χ0n) is 15.0. The second-order valence-corrected chi connectivity index (χ2v) is 7.19. The Morgan fingerprint density at radius 2 is 1.96 bits per heavy atom. The van der Waals surface area contributed by atoms with Crippen molar-refractivity contribution in [2.45, 2.75) is 19.4 Å². The zero-order valence-corrected chi connectivity index (χ0v) is 15.8. The summed E-state index contributed by atoms with van der Waals surface area (Å²) in [4.78, 5) is 30.5. The van der Waals surface area contributed by atoms with Crippen LogP contribution in [0.3, 0.4) is 0 Å². The summed E-state index contributed by atoms with van der Waals surface area (Å²) in [5.74, 6) is -0.905. The molecule has 1 saturated heterocycles. The number of nitrogens with zero attached hydrogens (tertiary/aromatic N) is 2. The number of likely N-dealkylation sites (tertiary alicyclic amines) is 1. The number of hydrogen-bond acceptors (Lipinski definition) is 4. The van der Waals surface area contributed by atoms with Gasteiger partial charge in [-0.3, -0.25) is 19.5 Å². The molecule has 1 aromatic heterocycles. The highest BCUT2D eigenvalue weighted by Gasteiger charge is 2.21. The van der Waals surface area contributed by atoms with Crippen molar-refractivity contribution in [1.29, 1.82) is 0 Å². The van der Waals surface area contributed by atoms with Gasteiger partial charge in [0.15, 0.2) is 0 Å². The van der Waals surface area contributed by atoms with Crippen LogP contribution >= 0.6 is 11.6 Å². The molecule has 1 aliphatic heterocycles. The number of aromatic nitrogens is 1. The second-order valence-electron chi connectivity index (χ2n) is 6.76. The monoisotopic (exact) mass is 386 g/mol. The maximum atomic E-state index is 12.0. The van der Waals surface area contributed by atoms with Gasteiger partial charge in [-0.1, -0.05) is 23.7 Å². The Hall–Kier alpha value is -2.44. The number of rotatable bonds is 5. The molecule has 3 rings (SSSR count). The number of nitrogens with one attached hydrogen (secondary N) is 2. The molecule has 6 nitrogen and oxygen atoms in total. The first-order valence-corrected chi connectivity index (χ1v) is 9.44. The van der Waals surface area contributed by atoms with Crippen LogP contribution in [0.15, 0.2) is 48.8 Å². The van der Waals surface area contributed by atoms with E-state index in [4.69, 9.17) is 11.6 Å². The Morgan fingerprint density at radius 3 is 2.67 bits per heavy atom. The van der Waals surface area contributed by atoms with Gasteiger partial charge in [-0.2, -0.15) is 0 Å². The minimum atomic E-state index is -0.675. The van der Waals surface area contributed by atoms with E-state index in [-0.39, 0.29) is 0 Å². The van der Waals surface area contributed by atoms with Gasteiger partial charge in [-0.05, 0) is 61.7 Å². The second kappa shape index (κ2) is 9.48. The lowest BCUT2D eigenvalue weighted by Crippen LogP contribution is -2.41. The smallest absolute Gasteiger partial charge is 0.313 e. The Bertz CT molecular complexity index is 777. The summed E-state index contributed by atoms with van der Waals surface area (Å²) in [6, 6.07) is 10.7. The molecule has 1 aliphatic rings. The summed E-state index contributed by atoms with van der Waals surface area (Å²) in [5, 5.41) is 5.80. The first-order chi connectivity index (χ1) is 13.1. The van der Waals surface area contributed by atoms with Crippen molar-refractivity contribution in [3.63, 3.8) is 0 Å². The van der Waals surface area contributed by atoms with Crippen molar-refractivity contribution in [1.82, 2.24) is 15.2 Å². The van der Waals surface area contributed by atoms with E-state index in [1.807, 2.05) is 12.3 Å². The lowest BCUT2D eigenvalue weighted by Gasteiger charge is -2.31. The van der Waals surface area contributed by atoms with Crippen LogP contribution in [0.4, 0.5) is 5.69 Å². The summed E-state index contributed by atoms with van der Waals surface area (Å²) in [7, 11) is 0. The SMILES string of the molecule is O=C(NCC1CCN(Cc2cccnc2)CC1)C(=O)Nc1cccc(Cl)c1. The first kappa shape index (κ1) is 19.3. The van der Waals surface area contributed by atoms with Gasteiger partial charge in [0.25, 0.3) is 0 Å². The van der Waals surface area contributed by atoms with Crippen LogP contribution in [0.2, 0.25) is 5.02 Å². The van der Waals surface area contributed by atoms with Crippen LogP contribution in [0.1, 0.15) is 18.4 Å². The number of amides is 2. The molecule has 27 heavy (non-hydrogen) atoms. The quantitative estimate of drug-likeness (QED) is 0.775. The number of pyridine rings is 1. The van der Waals surface area contributed by atoms with E-state index in [9.17, 15) is 9.59 Å². The zero-order chi connectivity index (χ0) is 19.1. The number of carbonyl (C=O) groups is 2. The maximum absolute atomic E-state index is 12.0. The van der Waals surface area contributed by atoms with E-state index in [0.29, 0.717) is 23.2 Å². The Morgan fingerprint density at radius 1 is 1.15 bits per heavy atom. The summed E-state index contributed by atoms with van der Waals surface area (Å²) < 4.78 is 0. The molecular formula is C20H23ClN4O2. The van der Waals surface area contributed by atoms with Crippen LogP contribution in [-0.2, 0) is 16.1 Å². The van der Waals surface area contributed by atoms with Crippen molar-refractivity contribution in [2.24, 2.45) is 5.92 Å². The predicted molar refractivity (Wildman–Crippen MR) is 105 cm³/mol. The molecule has 7 heteroatoms. The van der Waals surface area contributed by atoms with Crippen LogP contribution in [0, 0.1) is 5.92 Å². The molecule has 1 aromatic carbocycles. The molecule has 2 N–H and O–H groups in total. The summed E-state index contributed by atoms with van der Waals surface area (Å²) in [6.07, 6.45) is 5.67. The van der Waals surface area contributed by atoms with Crippen molar-refractivity contribution in [3.8, 4) is 0 Å². The van der Waals surface area contributed by atoms with Crippen LogP contribution < -0.4 is 10.6 Å². The van der Waals surface area contributed by atoms with Gasteiger partial charge in [-0.25, -0.2) is 0 Å². The van der Waals surface area contributed by atoms with Crippen molar-refractivity contribution in [2.75, 3.05) is 25.0 Å². The third-order valence-electron chi connectivity index (χ3n) is 4.68. The molecular weight excluding hydrogens is 364 g/mol. The minimum absolute atomic E-state index is 0.387. The molecule has 0 bridgehead atoms. The van der Waals surface area contributed by atoms with Crippen molar-refractivity contribution in [3.05, 3.63) is 59.4 Å². The van der Waals surface area contributed by atoms with E-state index in [0.717, 1.165) is 32.5 Å². The van der Waals surface area contributed by atoms with Crippen LogP contribution in [-0.4, -0.2) is 41.3 Å². The molecule has 2 heterocycles. The number of hydrogen-bond donors (Lipinski definition) is 2. The fourth-order valence-electron chi connectivity index (χ4n) is 3.17. The highest BCUT2D eigenvalue weighted by molar-refractivity contribution is 6.39. The summed E-state index contributed by atoms with van der Waals surface area (Å²) in [6.45, 7) is 3.37. The molecule has 1 fully saturated rings. The average molecular weight is 387 g/mol. The Balaban J connectivity index is 1.38. The maximum Gasteiger partial charge on any atom is 0.313 e. The molecule has 0 saturated carbocycles. The molecule has 0 spiro atoms. The van der Waals surface area contributed by atoms with E-state index < -0.39 is 11.8 Å². The van der Waals surface area contributed by atoms with Gasteiger partial charge in [0, 0.05) is 36.2 Å². The molecule has 2 amide bonds. The lowest BCUT2D eigenvalue weighted by atomic mass is 9.96. The fraction of sp³-hybridized carbons (Fsp3) is 0.350. The predicted octanol–water partition coefficient (Wildman–Crippen LogP) is 2.70. The summed E-state index contributed by atoms with van der Waals surface area (Å²) >= 11 is 5.87. The lowest BCUT2D eigenvalue weighted by molar-refractivity contribution is -0.136. The fourth-order valence-corrected chi connectivity index (χ4v) is 3.36. The van der Waals surface area contributed by atoms with E-state index in [2.05, 4.69) is 26.6 Å². The van der Waals surface area contributed by atoms with Gasteiger partial charge < -0.3 is 10.6 Å². The molecule has 0 unspecified atom stereocenters. The number of piperidine rings is 1. The highest BCUT2D eigenvalue weighted by atomic mass is 35.5. The topological polar surface area (TPSA) is 74.3 Å². The van der Waals surface area contributed by atoms with E-state index in [1.54, 1.807) is 30.5 Å². The number of carbonyl (C=O) groups excluding carboxylic acids is 2. The van der Waals surface area contributed by atoms with Gasteiger partial charge >= 0.3 is 11.8 Å². The molecule has 2 aromatic rings. The molecule has 0 atom stereocenters. The van der Waals surface area contributed by atoms with Gasteiger partial charge in [-0.15, -0.1) is 0 Å². The van der Waals surface area contributed by atoms with Crippen molar-refractivity contribution >= 4 is 29.1 Å². The van der Waals surface area contributed by atoms with Gasteiger partial charge in [0.05, 0.1) is 0 Å². The third-order valence-corrected chi connectivity index (χ3v) is 4.91. The largest absolute Gasteiger partial charge is 0.348 e. The Kier molecular flexibility index (Phi) is 6.79. The average Bonchev–Trinajstić information content (AvgIpc) is 2.68. The van der Waals surface area contributed by atoms with Crippen LogP contribution in [0.25, 0.3) is 0 Å². The standard InChI is InChI=1S/C20H23ClN4O2/c21-17-4-1-5-18(11-17)24-20(27)19(26)23-13-15-6-9-25(10-7-15)14-16-3-2-8-22-12-16/h1-5,8,11-12,15H,6-7,9-10,13-14H2,(H,23,26)(H,24,27). The summed E-state index contributed by atoms with van der Waals surface area (Å²) in [5.41, 5.74) is 1.72. The number of anilines is 1. The van der Waals surface area contributed by atoms with E-state index in [1.165, 1.54) is 5.56 Å². The molecule has 0 radical (unpaired) electrons. The van der Waals surface area contributed by atoms with Crippen molar-refractivity contribution < 1.29 is 9.59 Å². The first-order valence-electron chi connectivity index (χ1n) is 9.06. The van der Waals surface area contributed by atoms with Gasteiger partial charge in [0.1, 0.15) is 0 Å². The molecule has 0 aliphatic carbocycles. The van der Waals surface area contributed by atoms with E-state index >= 15 is 0 Å². The highest BCUT2D eigenvalue weighted by Crippen LogP contribution is 2.18. The normalized spacial score (nSPS) is 15.3. The Labute approximate surface area is 163 Å². The third kappa shape index (κ3) is 6.05. The number of benzene rings is 1. The number of halogens is 1. The minimum Gasteiger partial charge on any atom is -0.348 e. The van der Waals surface area contributed by atoms with Crippen LogP contribution in [0.5, 0.6) is 0 Å².